The van der Waals surface area contributed by atoms with Crippen LogP contribution in [0, 0.1) is 17.1 Å². The summed E-state index contributed by atoms with van der Waals surface area (Å²) in [5, 5.41) is 12.3. The Hall–Kier alpha value is -1.44. The molecule has 1 aliphatic rings. The highest BCUT2D eigenvalue weighted by molar-refractivity contribution is 5.33. The lowest BCUT2D eigenvalue weighted by molar-refractivity contribution is -0.0932. The molecule has 1 atom stereocenters. The molecule has 0 spiro atoms. The predicted octanol–water partition coefficient (Wildman–Crippen LogP) is 3.52. The lowest BCUT2D eigenvalue weighted by atomic mass is 9.86. The number of hydrogen-bond acceptors (Lipinski definition) is 3. The summed E-state index contributed by atoms with van der Waals surface area (Å²) in [7, 11) is 0. The lowest BCUT2D eigenvalue weighted by Gasteiger charge is -2.40. The molecular formula is C17H23FN2O. The van der Waals surface area contributed by atoms with Gasteiger partial charge in [-0.05, 0) is 43.9 Å². The van der Waals surface area contributed by atoms with Gasteiger partial charge in [-0.3, -0.25) is 0 Å². The van der Waals surface area contributed by atoms with Gasteiger partial charge in [-0.25, -0.2) is 4.39 Å². The first-order valence-electron chi connectivity index (χ1n) is 7.68. The molecule has 1 aliphatic heterocycles. The Kier molecular flexibility index (Phi) is 5.33. The van der Waals surface area contributed by atoms with Gasteiger partial charge in [0.15, 0.2) is 0 Å². The molecule has 1 N–H and O–H groups in total. The number of nitriles is 1. The van der Waals surface area contributed by atoms with Gasteiger partial charge < -0.3 is 10.1 Å². The molecule has 0 aromatic heterocycles. The highest BCUT2D eigenvalue weighted by Gasteiger charge is 2.34. The van der Waals surface area contributed by atoms with E-state index in [4.69, 9.17) is 10.00 Å². The van der Waals surface area contributed by atoms with E-state index in [2.05, 4.69) is 19.2 Å². The van der Waals surface area contributed by atoms with Crippen LogP contribution in [-0.4, -0.2) is 18.2 Å². The molecule has 1 aromatic carbocycles. The molecule has 114 valence electrons. The number of nitrogens with one attached hydrogen (secondary N) is 1. The van der Waals surface area contributed by atoms with Crippen LogP contribution in [-0.2, 0) is 11.3 Å². The summed E-state index contributed by atoms with van der Waals surface area (Å²) in [6, 6.07) is 6.88. The van der Waals surface area contributed by atoms with Gasteiger partial charge in [0, 0.05) is 24.8 Å². The Bertz CT molecular complexity index is 520. The Balaban J connectivity index is 1.98. The maximum Gasteiger partial charge on any atom is 0.127 e. The van der Waals surface area contributed by atoms with Crippen LogP contribution in [0.2, 0.25) is 0 Å². The number of rotatable bonds is 5. The number of benzene rings is 1. The molecule has 2 rings (SSSR count). The normalized spacial score (nSPS) is 21.0. The lowest BCUT2D eigenvalue weighted by Crippen LogP contribution is -2.46. The maximum absolute atomic E-state index is 13.8. The predicted molar refractivity (Wildman–Crippen MR) is 80.2 cm³/mol. The Labute approximate surface area is 126 Å². The fourth-order valence-corrected chi connectivity index (χ4v) is 2.98. The zero-order valence-corrected chi connectivity index (χ0v) is 12.8. The molecule has 0 radical (unpaired) electrons. The monoisotopic (exact) mass is 290 g/mol. The van der Waals surface area contributed by atoms with E-state index in [1.54, 1.807) is 6.07 Å². The minimum Gasteiger partial charge on any atom is -0.375 e. The van der Waals surface area contributed by atoms with Crippen LogP contribution in [0.4, 0.5) is 4.39 Å². The first-order chi connectivity index (χ1) is 10.1. The van der Waals surface area contributed by atoms with Gasteiger partial charge in [0.2, 0.25) is 0 Å². The molecule has 4 heteroatoms. The molecule has 1 aromatic rings. The summed E-state index contributed by atoms with van der Waals surface area (Å²) in [5.74, 6) is -0.259. The van der Waals surface area contributed by atoms with Crippen molar-refractivity contribution in [1.82, 2.24) is 5.32 Å². The first-order valence-corrected chi connectivity index (χ1v) is 7.68. The van der Waals surface area contributed by atoms with Gasteiger partial charge in [-0.15, -0.1) is 0 Å². The molecule has 0 saturated carbocycles. The average molecular weight is 290 g/mol. The van der Waals surface area contributed by atoms with E-state index in [1.165, 1.54) is 12.1 Å². The van der Waals surface area contributed by atoms with Crippen molar-refractivity contribution in [2.24, 2.45) is 0 Å². The molecule has 1 saturated heterocycles. The molecule has 1 fully saturated rings. The van der Waals surface area contributed by atoms with E-state index < -0.39 is 0 Å². The molecule has 0 aliphatic carbocycles. The van der Waals surface area contributed by atoms with Crippen LogP contribution in [0.3, 0.4) is 0 Å². The minimum absolute atomic E-state index is 0.0387. The third-order valence-electron chi connectivity index (χ3n) is 4.54. The zero-order valence-electron chi connectivity index (χ0n) is 12.8. The second-order valence-corrected chi connectivity index (χ2v) is 5.73. The van der Waals surface area contributed by atoms with Crippen molar-refractivity contribution in [2.45, 2.75) is 57.7 Å². The molecule has 1 unspecified atom stereocenters. The number of ether oxygens (including phenoxy) is 1. The summed E-state index contributed by atoms with van der Waals surface area (Å²) >= 11 is 0. The van der Waals surface area contributed by atoms with Gasteiger partial charge in [-0.1, -0.05) is 13.8 Å². The fourth-order valence-electron chi connectivity index (χ4n) is 2.98. The molecule has 3 nitrogen and oxygen atoms in total. The van der Waals surface area contributed by atoms with Crippen molar-refractivity contribution in [2.75, 3.05) is 6.61 Å². The van der Waals surface area contributed by atoms with Gasteiger partial charge in [0.1, 0.15) is 5.82 Å². The minimum atomic E-state index is -0.259. The Morgan fingerprint density at radius 3 is 2.86 bits per heavy atom. The first kappa shape index (κ1) is 15.9. The highest BCUT2D eigenvalue weighted by Crippen LogP contribution is 2.31. The van der Waals surface area contributed by atoms with Crippen LogP contribution in [0.15, 0.2) is 18.2 Å². The van der Waals surface area contributed by atoms with Gasteiger partial charge in [-0.2, -0.15) is 5.26 Å². The van der Waals surface area contributed by atoms with Crippen molar-refractivity contribution in [3.63, 3.8) is 0 Å². The van der Waals surface area contributed by atoms with E-state index >= 15 is 0 Å². The summed E-state index contributed by atoms with van der Waals surface area (Å²) in [5.41, 5.74) is 1.01. The molecule has 0 amide bonds. The van der Waals surface area contributed by atoms with E-state index in [9.17, 15) is 4.39 Å². The van der Waals surface area contributed by atoms with Gasteiger partial charge >= 0.3 is 0 Å². The summed E-state index contributed by atoms with van der Waals surface area (Å²) in [6.07, 6.45) is 3.90. The van der Waals surface area contributed by atoms with Crippen molar-refractivity contribution in [3.05, 3.63) is 35.1 Å². The average Bonchev–Trinajstić information content (AvgIpc) is 2.54. The molecule has 1 heterocycles. The van der Waals surface area contributed by atoms with E-state index in [1.807, 2.05) is 6.07 Å². The van der Waals surface area contributed by atoms with Crippen LogP contribution in [0.1, 0.15) is 50.7 Å². The zero-order chi connectivity index (χ0) is 15.3. The van der Waals surface area contributed by atoms with Crippen LogP contribution < -0.4 is 5.32 Å². The SMILES string of the molecule is CCC1(CC)CC(NCc2cc(C#N)ccc2F)CCO1. The largest absolute Gasteiger partial charge is 0.375 e. The smallest absolute Gasteiger partial charge is 0.127 e. The third kappa shape index (κ3) is 3.81. The number of halogens is 1. The summed E-state index contributed by atoms with van der Waals surface area (Å²) in [4.78, 5) is 0. The van der Waals surface area contributed by atoms with Gasteiger partial charge in [0.25, 0.3) is 0 Å². The summed E-state index contributed by atoms with van der Waals surface area (Å²) in [6.45, 7) is 5.51. The van der Waals surface area contributed by atoms with Crippen molar-refractivity contribution in [3.8, 4) is 6.07 Å². The van der Waals surface area contributed by atoms with Gasteiger partial charge in [0.05, 0.1) is 17.2 Å². The van der Waals surface area contributed by atoms with E-state index in [-0.39, 0.29) is 11.4 Å². The molecular weight excluding hydrogens is 267 g/mol. The third-order valence-corrected chi connectivity index (χ3v) is 4.54. The fraction of sp³-hybridized carbons (Fsp3) is 0.588. The van der Waals surface area contributed by atoms with Crippen LogP contribution in [0.25, 0.3) is 0 Å². The van der Waals surface area contributed by atoms with Crippen molar-refractivity contribution in [1.29, 1.82) is 5.26 Å². The summed E-state index contributed by atoms with van der Waals surface area (Å²) < 4.78 is 19.7. The number of nitrogens with zero attached hydrogens (tertiary/aromatic N) is 1. The van der Waals surface area contributed by atoms with Crippen molar-refractivity contribution < 1.29 is 9.13 Å². The molecule has 21 heavy (non-hydrogen) atoms. The number of hydrogen-bond donors (Lipinski definition) is 1. The maximum atomic E-state index is 13.8. The highest BCUT2D eigenvalue weighted by atomic mass is 19.1. The topological polar surface area (TPSA) is 45.0 Å². The standard InChI is InChI=1S/C17H23FN2O/c1-3-17(4-2)10-15(7-8-21-17)20-12-14-9-13(11-19)5-6-16(14)18/h5-6,9,15,20H,3-4,7-8,10,12H2,1-2H3. The molecule has 0 bridgehead atoms. The van der Waals surface area contributed by atoms with Crippen LogP contribution in [0.5, 0.6) is 0 Å². The second kappa shape index (κ2) is 7.02. The van der Waals surface area contributed by atoms with Crippen molar-refractivity contribution >= 4 is 0 Å². The van der Waals surface area contributed by atoms with E-state index in [0.29, 0.717) is 23.7 Å². The Morgan fingerprint density at radius 2 is 2.19 bits per heavy atom. The van der Waals surface area contributed by atoms with E-state index in [0.717, 1.165) is 32.3 Å². The van der Waals surface area contributed by atoms with Crippen LogP contribution >= 0.6 is 0 Å². The quantitative estimate of drug-likeness (QED) is 0.902. The Morgan fingerprint density at radius 1 is 1.43 bits per heavy atom. The second-order valence-electron chi connectivity index (χ2n) is 5.73.